The van der Waals surface area contributed by atoms with Gasteiger partial charge < -0.3 is 9.64 Å². The van der Waals surface area contributed by atoms with Crippen molar-refractivity contribution in [2.24, 2.45) is 5.41 Å². The molecule has 0 aromatic rings. The summed E-state index contributed by atoms with van der Waals surface area (Å²) in [4.78, 5) is 13.7. The molecule has 0 N–H and O–H groups in total. The highest BCUT2D eigenvalue weighted by Gasteiger charge is 2.31. The largest absolute Gasteiger partial charge is 0.469 e. The number of hydrogen-bond acceptors (Lipinski definition) is 3. The molecule has 0 saturated heterocycles. The van der Waals surface area contributed by atoms with Gasteiger partial charge in [-0.3, -0.25) is 4.79 Å². The molecule has 0 heterocycles. The van der Waals surface area contributed by atoms with Gasteiger partial charge in [-0.15, -0.1) is 0 Å². The van der Waals surface area contributed by atoms with Crippen molar-refractivity contribution in [2.75, 3.05) is 20.7 Å². The number of nitrogens with zero attached hydrogens (tertiary/aromatic N) is 1. The molecule has 0 amide bonds. The predicted octanol–water partition coefficient (Wildman–Crippen LogP) is 2.31. The zero-order valence-electron chi connectivity index (χ0n) is 11.0. The van der Waals surface area contributed by atoms with Crippen LogP contribution in [-0.2, 0) is 9.53 Å². The van der Waals surface area contributed by atoms with Gasteiger partial charge in [0.1, 0.15) is 0 Å². The van der Waals surface area contributed by atoms with E-state index in [9.17, 15) is 4.79 Å². The van der Waals surface area contributed by atoms with Crippen molar-refractivity contribution >= 4 is 5.97 Å². The van der Waals surface area contributed by atoms with E-state index in [0.29, 0.717) is 6.04 Å². The molecule has 0 aliphatic heterocycles. The Morgan fingerprint density at radius 3 is 2.40 bits per heavy atom. The number of ether oxygens (including phenoxy) is 1. The van der Waals surface area contributed by atoms with Crippen LogP contribution in [0.2, 0.25) is 0 Å². The van der Waals surface area contributed by atoms with Crippen LogP contribution in [0.15, 0.2) is 0 Å². The maximum Gasteiger partial charge on any atom is 0.312 e. The summed E-state index contributed by atoms with van der Waals surface area (Å²) in [6.45, 7) is 8.95. The van der Waals surface area contributed by atoms with E-state index in [-0.39, 0.29) is 5.97 Å². The second-order valence-electron chi connectivity index (χ2n) is 4.93. The Bertz CT molecular complexity index is 202. The van der Waals surface area contributed by atoms with E-state index < -0.39 is 5.41 Å². The van der Waals surface area contributed by atoms with Crippen LogP contribution in [0.3, 0.4) is 0 Å². The van der Waals surface area contributed by atoms with Gasteiger partial charge in [0.05, 0.1) is 12.5 Å². The van der Waals surface area contributed by atoms with E-state index in [0.717, 1.165) is 13.0 Å². The molecule has 0 radical (unpaired) electrons. The fraction of sp³-hybridized carbons (Fsp3) is 0.917. The normalized spacial score (nSPS) is 14.1. The van der Waals surface area contributed by atoms with Crippen LogP contribution in [0.25, 0.3) is 0 Å². The van der Waals surface area contributed by atoms with Gasteiger partial charge in [-0.1, -0.05) is 13.3 Å². The summed E-state index contributed by atoms with van der Waals surface area (Å²) in [6, 6.07) is 0.513. The number of rotatable bonds is 6. The van der Waals surface area contributed by atoms with Crippen molar-refractivity contribution in [3.63, 3.8) is 0 Å². The topological polar surface area (TPSA) is 29.5 Å². The second kappa shape index (κ2) is 6.11. The Labute approximate surface area is 93.8 Å². The van der Waals surface area contributed by atoms with E-state index in [1.54, 1.807) is 0 Å². The first-order chi connectivity index (χ1) is 6.85. The second-order valence-corrected chi connectivity index (χ2v) is 4.93. The van der Waals surface area contributed by atoms with Crippen LogP contribution in [0.4, 0.5) is 0 Å². The Hall–Kier alpha value is -0.570. The summed E-state index contributed by atoms with van der Waals surface area (Å²) in [6.07, 6.45) is 2.33. The first-order valence-electron chi connectivity index (χ1n) is 5.63. The van der Waals surface area contributed by atoms with Crippen molar-refractivity contribution in [3.05, 3.63) is 0 Å². The lowest BCUT2D eigenvalue weighted by Crippen LogP contribution is -2.41. The van der Waals surface area contributed by atoms with Crippen LogP contribution >= 0.6 is 0 Å². The number of esters is 1. The van der Waals surface area contributed by atoms with Gasteiger partial charge in [0, 0.05) is 12.6 Å². The molecule has 0 aromatic heterocycles. The van der Waals surface area contributed by atoms with Gasteiger partial charge in [0.2, 0.25) is 0 Å². The van der Waals surface area contributed by atoms with Crippen molar-refractivity contribution in [1.82, 2.24) is 4.90 Å². The number of carbonyl (C=O) groups is 1. The Kier molecular flexibility index (Phi) is 5.88. The van der Waals surface area contributed by atoms with Gasteiger partial charge in [0.25, 0.3) is 0 Å². The molecule has 3 nitrogen and oxygen atoms in total. The zero-order chi connectivity index (χ0) is 12.1. The van der Waals surface area contributed by atoms with Crippen molar-refractivity contribution in [3.8, 4) is 0 Å². The SMILES string of the molecule is CCCC(C)N(C)CC(C)(C)C(=O)OC. The van der Waals surface area contributed by atoms with Crippen LogP contribution in [0.5, 0.6) is 0 Å². The fourth-order valence-corrected chi connectivity index (χ4v) is 1.76. The zero-order valence-corrected chi connectivity index (χ0v) is 11.0. The van der Waals surface area contributed by atoms with Crippen LogP contribution < -0.4 is 0 Å². The maximum absolute atomic E-state index is 11.5. The van der Waals surface area contributed by atoms with Gasteiger partial charge in [-0.05, 0) is 34.2 Å². The van der Waals surface area contributed by atoms with Crippen molar-refractivity contribution in [1.29, 1.82) is 0 Å². The van der Waals surface area contributed by atoms with Gasteiger partial charge >= 0.3 is 5.97 Å². The van der Waals surface area contributed by atoms with Crippen LogP contribution in [-0.4, -0.2) is 37.6 Å². The maximum atomic E-state index is 11.5. The molecule has 0 fully saturated rings. The minimum atomic E-state index is -0.425. The lowest BCUT2D eigenvalue weighted by molar-refractivity contribution is -0.151. The van der Waals surface area contributed by atoms with Gasteiger partial charge in [-0.2, -0.15) is 0 Å². The highest BCUT2D eigenvalue weighted by Crippen LogP contribution is 2.20. The Morgan fingerprint density at radius 1 is 1.47 bits per heavy atom. The summed E-state index contributed by atoms with van der Waals surface area (Å²) < 4.78 is 4.79. The molecule has 90 valence electrons. The van der Waals surface area contributed by atoms with E-state index >= 15 is 0 Å². The number of carbonyl (C=O) groups excluding carboxylic acids is 1. The Morgan fingerprint density at radius 2 is 2.00 bits per heavy atom. The molecular formula is C12H25NO2. The average Bonchev–Trinajstić information content (AvgIpc) is 2.16. The summed E-state index contributed by atoms with van der Waals surface area (Å²) in [7, 11) is 3.50. The summed E-state index contributed by atoms with van der Waals surface area (Å²) in [5.74, 6) is -0.141. The lowest BCUT2D eigenvalue weighted by atomic mass is 9.92. The standard InChI is InChI=1S/C12H25NO2/c1-7-8-10(2)13(5)9-12(3,4)11(14)15-6/h10H,7-9H2,1-6H3. The highest BCUT2D eigenvalue weighted by molar-refractivity contribution is 5.76. The lowest BCUT2D eigenvalue weighted by Gasteiger charge is -2.31. The molecule has 15 heavy (non-hydrogen) atoms. The molecule has 0 bridgehead atoms. The van der Waals surface area contributed by atoms with E-state index in [1.165, 1.54) is 13.5 Å². The van der Waals surface area contributed by atoms with E-state index in [4.69, 9.17) is 4.74 Å². The average molecular weight is 215 g/mol. The Balaban J connectivity index is 4.26. The number of hydrogen-bond donors (Lipinski definition) is 0. The minimum absolute atomic E-state index is 0.141. The first kappa shape index (κ1) is 14.4. The van der Waals surface area contributed by atoms with Crippen LogP contribution in [0, 0.1) is 5.41 Å². The monoisotopic (exact) mass is 215 g/mol. The smallest absolute Gasteiger partial charge is 0.312 e. The molecule has 1 unspecified atom stereocenters. The van der Waals surface area contributed by atoms with Crippen molar-refractivity contribution < 1.29 is 9.53 Å². The molecule has 0 rings (SSSR count). The molecule has 0 aliphatic rings. The number of methoxy groups -OCH3 is 1. The molecule has 0 aliphatic carbocycles. The fourth-order valence-electron chi connectivity index (χ4n) is 1.76. The molecular weight excluding hydrogens is 190 g/mol. The first-order valence-corrected chi connectivity index (χ1v) is 5.63. The highest BCUT2D eigenvalue weighted by atomic mass is 16.5. The van der Waals surface area contributed by atoms with E-state index in [2.05, 4.69) is 25.8 Å². The van der Waals surface area contributed by atoms with Crippen LogP contribution in [0.1, 0.15) is 40.5 Å². The summed E-state index contributed by atoms with van der Waals surface area (Å²) >= 11 is 0. The van der Waals surface area contributed by atoms with Gasteiger partial charge in [-0.25, -0.2) is 0 Å². The van der Waals surface area contributed by atoms with E-state index in [1.807, 2.05) is 13.8 Å². The molecule has 1 atom stereocenters. The van der Waals surface area contributed by atoms with Gasteiger partial charge in [0.15, 0.2) is 0 Å². The molecule has 0 aromatic carbocycles. The predicted molar refractivity (Wildman–Crippen MR) is 62.8 cm³/mol. The third kappa shape index (κ3) is 4.65. The third-order valence-electron chi connectivity index (χ3n) is 2.84. The van der Waals surface area contributed by atoms with Crippen molar-refractivity contribution in [2.45, 2.75) is 46.6 Å². The summed E-state index contributed by atoms with van der Waals surface area (Å²) in [5.41, 5.74) is -0.425. The molecule has 0 saturated carbocycles. The molecule has 0 spiro atoms. The minimum Gasteiger partial charge on any atom is -0.469 e. The quantitative estimate of drug-likeness (QED) is 0.637. The molecule has 3 heteroatoms. The third-order valence-corrected chi connectivity index (χ3v) is 2.84. The summed E-state index contributed by atoms with van der Waals surface area (Å²) in [5, 5.41) is 0.